The van der Waals surface area contributed by atoms with Crippen LogP contribution in [0.2, 0.25) is 0 Å². The average molecular weight is 372 g/mol. The Morgan fingerprint density at radius 1 is 1.15 bits per heavy atom. The van der Waals surface area contributed by atoms with Crippen molar-refractivity contribution in [1.82, 2.24) is 0 Å². The lowest BCUT2D eigenvalue weighted by molar-refractivity contribution is -0.118. The summed E-state index contributed by atoms with van der Waals surface area (Å²) in [5.74, 6) is -0.0295. The maximum Gasteiger partial charge on any atom is 0.262 e. The first-order valence-electron chi connectivity index (χ1n) is 8.82. The molecule has 138 valence electrons. The highest BCUT2D eigenvalue weighted by atomic mass is 32.1. The Bertz CT molecular complexity index is 870. The summed E-state index contributed by atoms with van der Waals surface area (Å²) in [5, 5.41) is 3.38. The maximum atomic E-state index is 12.4. The summed E-state index contributed by atoms with van der Waals surface area (Å²) in [4.78, 5) is 25.4. The van der Waals surface area contributed by atoms with Gasteiger partial charge < -0.3 is 15.8 Å². The third kappa shape index (κ3) is 3.60. The zero-order chi connectivity index (χ0) is 18.8. The molecule has 0 aliphatic heterocycles. The Balaban J connectivity index is 1.74. The van der Waals surface area contributed by atoms with Crippen LogP contribution in [0.4, 0.5) is 5.00 Å². The molecule has 0 spiro atoms. The van der Waals surface area contributed by atoms with Crippen molar-refractivity contribution in [2.75, 3.05) is 11.9 Å². The molecule has 0 saturated carbocycles. The number of carbonyl (C=O) groups excluding carboxylic acids is 2. The van der Waals surface area contributed by atoms with Gasteiger partial charge in [0.1, 0.15) is 10.8 Å². The lowest BCUT2D eigenvalue weighted by Gasteiger charge is -2.14. The molecule has 26 heavy (non-hydrogen) atoms. The molecule has 3 rings (SSSR count). The number of amides is 2. The van der Waals surface area contributed by atoms with Gasteiger partial charge in [0.25, 0.3) is 11.8 Å². The van der Waals surface area contributed by atoms with E-state index in [0.29, 0.717) is 10.6 Å². The van der Waals surface area contributed by atoms with Crippen LogP contribution in [0.3, 0.4) is 0 Å². The fourth-order valence-electron chi connectivity index (χ4n) is 3.36. The summed E-state index contributed by atoms with van der Waals surface area (Å²) in [5.41, 5.74) is 10.2. The van der Waals surface area contributed by atoms with E-state index in [1.54, 1.807) is 0 Å². The molecule has 5 nitrogen and oxygen atoms in total. The Hall–Kier alpha value is -2.34. The quantitative estimate of drug-likeness (QED) is 0.840. The number of rotatable bonds is 5. The molecular formula is C20H24N2O3S. The summed E-state index contributed by atoms with van der Waals surface area (Å²) in [6.07, 6.45) is 3.94. The monoisotopic (exact) mass is 372 g/mol. The predicted octanol–water partition coefficient (Wildman–Crippen LogP) is 3.67. The van der Waals surface area contributed by atoms with Gasteiger partial charge >= 0.3 is 0 Å². The van der Waals surface area contributed by atoms with Gasteiger partial charge in [0.05, 0.1) is 5.56 Å². The molecule has 0 atom stereocenters. The van der Waals surface area contributed by atoms with Gasteiger partial charge in [-0.3, -0.25) is 9.59 Å². The van der Waals surface area contributed by atoms with E-state index in [-0.39, 0.29) is 12.5 Å². The minimum atomic E-state index is -0.481. The third-order valence-electron chi connectivity index (χ3n) is 4.89. The molecule has 6 heteroatoms. The van der Waals surface area contributed by atoms with Crippen molar-refractivity contribution in [3.05, 3.63) is 44.8 Å². The van der Waals surface area contributed by atoms with Gasteiger partial charge in [0, 0.05) is 4.88 Å². The van der Waals surface area contributed by atoms with Gasteiger partial charge in [-0.1, -0.05) is 12.1 Å². The molecule has 0 saturated heterocycles. The molecule has 0 fully saturated rings. The number of anilines is 1. The summed E-state index contributed by atoms with van der Waals surface area (Å²) >= 11 is 1.46. The number of primary amides is 1. The standard InChI is InChI=1S/C20H24N2O3S/c1-11-8-9-12(2)18(13(11)3)25-10-16(23)22-20-17(19(21)24)14-6-4-5-7-15(14)26-20/h8-9H,4-7,10H2,1-3H3,(H2,21,24)(H,22,23). The predicted molar refractivity (Wildman–Crippen MR) is 104 cm³/mol. The van der Waals surface area contributed by atoms with Crippen LogP contribution in [-0.4, -0.2) is 18.4 Å². The smallest absolute Gasteiger partial charge is 0.262 e. The molecule has 1 heterocycles. The first-order chi connectivity index (χ1) is 12.4. The molecule has 0 unspecified atom stereocenters. The van der Waals surface area contributed by atoms with E-state index in [1.807, 2.05) is 32.9 Å². The number of fused-ring (bicyclic) bond motifs is 1. The molecule has 1 aliphatic rings. The number of carbonyl (C=O) groups is 2. The van der Waals surface area contributed by atoms with Gasteiger partial charge in [-0.15, -0.1) is 11.3 Å². The minimum Gasteiger partial charge on any atom is -0.483 e. The lowest BCUT2D eigenvalue weighted by Crippen LogP contribution is -2.23. The molecule has 1 aliphatic carbocycles. The second kappa shape index (κ2) is 7.50. The number of nitrogens with one attached hydrogen (secondary N) is 1. The van der Waals surface area contributed by atoms with Gasteiger partial charge in [-0.05, 0) is 68.7 Å². The van der Waals surface area contributed by atoms with Crippen LogP contribution >= 0.6 is 11.3 Å². The van der Waals surface area contributed by atoms with Crippen molar-refractivity contribution in [2.45, 2.75) is 46.5 Å². The Labute approximate surface area is 157 Å². The average Bonchev–Trinajstić information content (AvgIpc) is 2.96. The van der Waals surface area contributed by atoms with Crippen LogP contribution < -0.4 is 15.8 Å². The van der Waals surface area contributed by atoms with E-state index >= 15 is 0 Å². The fourth-order valence-corrected chi connectivity index (χ4v) is 4.67. The molecule has 3 N–H and O–H groups in total. The number of nitrogens with two attached hydrogens (primary N) is 1. The SMILES string of the molecule is Cc1ccc(C)c(OCC(=O)Nc2sc3c(c2C(N)=O)CCCC3)c1C. The molecule has 0 bridgehead atoms. The van der Waals surface area contributed by atoms with Crippen LogP contribution in [-0.2, 0) is 17.6 Å². The Morgan fingerprint density at radius 3 is 2.58 bits per heavy atom. The van der Waals surface area contributed by atoms with Crippen LogP contribution in [0.15, 0.2) is 12.1 Å². The highest BCUT2D eigenvalue weighted by molar-refractivity contribution is 7.17. The van der Waals surface area contributed by atoms with Crippen LogP contribution in [0.25, 0.3) is 0 Å². The summed E-state index contributed by atoms with van der Waals surface area (Å²) in [6, 6.07) is 4.01. The van der Waals surface area contributed by atoms with E-state index in [0.717, 1.165) is 58.6 Å². The van der Waals surface area contributed by atoms with Gasteiger partial charge in [0.15, 0.2) is 6.61 Å². The maximum absolute atomic E-state index is 12.4. The topological polar surface area (TPSA) is 81.4 Å². The summed E-state index contributed by atoms with van der Waals surface area (Å²) in [7, 11) is 0. The van der Waals surface area contributed by atoms with Crippen LogP contribution in [0.5, 0.6) is 5.75 Å². The first-order valence-corrected chi connectivity index (χ1v) is 9.64. The van der Waals surface area contributed by atoms with Gasteiger partial charge in [-0.25, -0.2) is 0 Å². The zero-order valence-corrected chi connectivity index (χ0v) is 16.2. The Morgan fingerprint density at radius 2 is 1.85 bits per heavy atom. The summed E-state index contributed by atoms with van der Waals surface area (Å²) in [6.45, 7) is 5.84. The van der Waals surface area contributed by atoms with Gasteiger partial charge in [0.2, 0.25) is 0 Å². The van der Waals surface area contributed by atoms with E-state index in [9.17, 15) is 9.59 Å². The van der Waals surface area contributed by atoms with E-state index in [1.165, 1.54) is 11.3 Å². The largest absolute Gasteiger partial charge is 0.483 e. The summed E-state index contributed by atoms with van der Waals surface area (Å²) < 4.78 is 5.76. The van der Waals surface area contributed by atoms with E-state index in [2.05, 4.69) is 5.32 Å². The number of hydrogen-bond donors (Lipinski definition) is 2. The van der Waals surface area contributed by atoms with Crippen LogP contribution in [0.1, 0.15) is 50.3 Å². The molecule has 2 amide bonds. The number of benzene rings is 1. The number of thiophene rings is 1. The van der Waals surface area contributed by atoms with E-state index < -0.39 is 5.91 Å². The molecule has 1 aromatic heterocycles. The van der Waals surface area contributed by atoms with Crippen molar-refractivity contribution >= 4 is 28.2 Å². The second-order valence-electron chi connectivity index (χ2n) is 6.77. The minimum absolute atomic E-state index is 0.105. The van der Waals surface area contributed by atoms with Gasteiger partial charge in [-0.2, -0.15) is 0 Å². The second-order valence-corrected chi connectivity index (χ2v) is 7.87. The number of aryl methyl sites for hydroxylation is 3. The van der Waals surface area contributed by atoms with Crippen molar-refractivity contribution in [1.29, 1.82) is 0 Å². The molecule has 2 aromatic rings. The molecular weight excluding hydrogens is 348 g/mol. The number of ether oxygens (including phenoxy) is 1. The van der Waals surface area contributed by atoms with Crippen molar-refractivity contribution in [3.8, 4) is 5.75 Å². The number of hydrogen-bond acceptors (Lipinski definition) is 4. The van der Waals surface area contributed by atoms with Crippen LogP contribution in [0, 0.1) is 20.8 Å². The van der Waals surface area contributed by atoms with E-state index in [4.69, 9.17) is 10.5 Å². The Kier molecular flexibility index (Phi) is 5.32. The third-order valence-corrected chi connectivity index (χ3v) is 6.10. The van der Waals surface area contributed by atoms with Crippen molar-refractivity contribution in [3.63, 3.8) is 0 Å². The van der Waals surface area contributed by atoms with Crippen molar-refractivity contribution in [2.24, 2.45) is 5.73 Å². The first kappa shape index (κ1) is 18.5. The molecule has 1 aromatic carbocycles. The normalized spacial score (nSPS) is 13.2. The zero-order valence-electron chi connectivity index (χ0n) is 15.4. The lowest BCUT2D eigenvalue weighted by atomic mass is 9.95. The fraction of sp³-hybridized carbons (Fsp3) is 0.400. The highest BCUT2D eigenvalue weighted by Crippen LogP contribution is 2.37. The van der Waals surface area contributed by atoms with Crippen molar-refractivity contribution < 1.29 is 14.3 Å². The highest BCUT2D eigenvalue weighted by Gasteiger charge is 2.25. The molecule has 0 radical (unpaired) electrons.